The fourth-order valence-corrected chi connectivity index (χ4v) is 1.47. The molecule has 5 heteroatoms. The third-order valence-electron chi connectivity index (χ3n) is 2.58. The molecular weight excluding hydrogens is 216 g/mol. The minimum atomic E-state index is 0.0443. The van der Waals surface area contributed by atoms with Crippen molar-refractivity contribution in [2.45, 2.75) is 19.6 Å². The maximum atomic E-state index is 5.77. The first kappa shape index (κ1) is 11.6. The normalized spacial score (nSPS) is 12.4. The lowest BCUT2D eigenvalue weighted by Crippen LogP contribution is -2.06. The molecule has 0 saturated heterocycles. The molecule has 1 heterocycles. The zero-order valence-electron chi connectivity index (χ0n) is 10.00. The summed E-state index contributed by atoms with van der Waals surface area (Å²) in [6.45, 7) is 2.36. The topological polar surface area (TPSA) is 66.0 Å². The lowest BCUT2D eigenvalue weighted by atomic mass is 10.1. The Labute approximate surface area is 100 Å². The number of nitrogens with two attached hydrogens (primary N) is 1. The molecule has 0 spiro atoms. The van der Waals surface area contributed by atoms with Crippen LogP contribution in [0.4, 0.5) is 0 Å². The van der Waals surface area contributed by atoms with E-state index in [9.17, 15) is 0 Å². The predicted octanol–water partition coefficient (Wildman–Crippen LogP) is 1.41. The molecule has 0 saturated carbocycles. The number of hydrogen-bond donors (Lipinski definition) is 1. The molecule has 2 aromatic rings. The van der Waals surface area contributed by atoms with Crippen LogP contribution in [0.5, 0.6) is 5.75 Å². The fraction of sp³-hybridized carbons (Fsp3) is 0.333. The highest BCUT2D eigenvalue weighted by atomic mass is 16.5. The molecular formula is C12H16N4O. The molecule has 0 amide bonds. The van der Waals surface area contributed by atoms with Gasteiger partial charge in [-0.1, -0.05) is 12.1 Å². The summed E-state index contributed by atoms with van der Waals surface area (Å²) in [5.41, 5.74) is 6.87. The smallest absolute Gasteiger partial charge is 0.164 e. The average Bonchev–Trinajstić information content (AvgIpc) is 2.73. The fourth-order valence-electron chi connectivity index (χ4n) is 1.47. The molecule has 1 aromatic carbocycles. The summed E-state index contributed by atoms with van der Waals surface area (Å²) in [7, 11) is 1.84. The maximum absolute atomic E-state index is 5.77. The zero-order chi connectivity index (χ0) is 12.3. The van der Waals surface area contributed by atoms with Crippen LogP contribution in [0.3, 0.4) is 0 Å². The number of benzene rings is 1. The van der Waals surface area contributed by atoms with Crippen LogP contribution in [0.2, 0.25) is 0 Å². The summed E-state index contributed by atoms with van der Waals surface area (Å²) in [6.07, 6.45) is 1.51. The van der Waals surface area contributed by atoms with Crippen molar-refractivity contribution in [1.29, 1.82) is 0 Å². The van der Waals surface area contributed by atoms with E-state index in [0.29, 0.717) is 6.61 Å². The van der Waals surface area contributed by atoms with E-state index < -0.39 is 0 Å². The van der Waals surface area contributed by atoms with Crippen LogP contribution in [0.15, 0.2) is 30.6 Å². The van der Waals surface area contributed by atoms with Crippen LogP contribution in [-0.2, 0) is 13.7 Å². The molecule has 0 aliphatic rings. The lowest BCUT2D eigenvalue weighted by Gasteiger charge is -2.08. The van der Waals surface area contributed by atoms with Gasteiger partial charge in [0, 0.05) is 13.1 Å². The van der Waals surface area contributed by atoms with E-state index in [1.54, 1.807) is 4.68 Å². The van der Waals surface area contributed by atoms with E-state index in [0.717, 1.165) is 17.1 Å². The van der Waals surface area contributed by atoms with E-state index >= 15 is 0 Å². The highest BCUT2D eigenvalue weighted by molar-refractivity contribution is 5.28. The van der Waals surface area contributed by atoms with E-state index in [1.165, 1.54) is 6.33 Å². The van der Waals surface area contributed by atoms with Gasteiger partial charge in [-0.05, 0) is 24.6 Å². The van der Waals surface area contributed by atoms with Crippen molar-refractivity contribution in [3.8, 4) is 5.75 Å². The second-order valence-electron chi connectivity index (χ2n) is 3.95. The van der Waals surface area contributed by atoms with Gasteiger partial charge < -0.3 is 10.5 Å². The molecule has 0 aliphatic heterocycles. The first-order valence-corrected chi connectivity index (χ1v) is 5.48. The highest BCUT2D eigenvalue weighted by Crippen LogP contribution is 2.16. The van der Waals surface area contributed by atoms with Gasteiger partial charge in [0.25, 0.3) is 0 Å². The van der Waals surface area contributed by atoms with Crippen molar-refractivity contribution < 1.29 is 4.74 Å². The Bertz CT molecular complexity index is 476. The quantitative estimate of drug-likeness (QED) is 0.865. The van der Waals surface area contributed by atoms with Crippen LogP contribution in [0, 0.1) is 0 Å². The number of ether oxygens (including phenoxy) is 1. The molecule has 2 N–H and O–H groups in total. The van der Waals surface area contributed by atoms with Gasteiger partial charge in [-0.15, -0.1) is 0 Å². The van der Waals surface area contributed by atoms with Crippen molar-refractivity contribution in [1.82, 2.24) is 14.8 Å². The van der Waals surface area contributed by atoms with Crippen LogP contribution >= 0.6 is 0 Å². The third kappa shape index (κ3) is 2.82. The van der Waals surface area contributed by atoms with Gasteiger partial charge >= 0.3 is 0 Å². The Morgan fingerprint density at radius 3 is 2.59 bits per heavy atom. The second kappa shape index (κ2) is 4.97. The first-order chi connectivity index (χ1) is 8.16. The largest absolute Gasteiger partial charge is 0.486 e. The van der Waals surface area contributed by atoms with Gasteiger partial charge in [-0.2, -0.15) is 5.10 Å². The summed E-state index contributed by atoms with van der Waals surface area (Å²) in [4.78, 5) is 4.08. The summed E-state index contributed by atoms with van der Waals surface area (Å²) < 4.78 is 7.29. The average molecular weight is 232 g/mol. The van der Waals surface area contributed by atoms with Gasteiger partial charge in [0.2, 0.25) is 0 Å². The predicted molar refractivity (Wildman–Crippen MR) is 64.4 cm³/mol. The zero-order valence-corrected chi connectivity index (χ0v) is 10.00. The van der Waals surface area contributed by atoms with Gasteiger partial charge in [-0.25, -0.2) is 4.98 Å². The molecule has 17 heavy (non-hydrogen) atoms. The SMILES string of the molecule is C[C@H](N)c1ccc(OCc2ncnn2C)cc1. The minimum Gasteiger partial charge on any atom is -0.486 e. The molecule has 1 atom stereocenters. The van der Waals surface area contributed by atoms with Crippen molar-refractivity contribution in [3.05, 3.63) is 42.0 Å². The Balaban J connectivity index is 1.98. The molecule has 0 unspecified atom stereocenters. The van der Waals surface area contributed by atoms with Crippen LogP contribution < -0.4 is 10.5 Å². The van der Waals surface area contributed by atoms with E-state index in [1.807, 2.05) is 38.2 Å². The minimum absolute atomic E-state index is 0.0443. The monoisotopic (exact) mass is 232 g/mol. The maximum Gasteiger partial charge on any atom is 0.164 e. The lowest BCUT2D eigenvalue weighted by molar-refractivity contribution is 0.289. The molecule has 0 bridgehead atoms. The van der Waals surface area contributed by atoms with Crippen LogP contribution in [0.25, 0.3) is 0 Å². The van der Waals surface area contributed by atoms with Gasteiger partial charge in [0.15, 0.2) is 5.82 Å². The Kier molecular flexibility index (Phi) is 3.39. The number of aryl methyl sites for hydroxylation is 1. The van der Waals surface area contributed by atoms with E-state index in [-0.39, 0.29) is 6.04 Å². The van der Waals surface area contributed by atoms with Crippen molar-refractivity contribution in [2.24, 2.45) is 12.8 Å². The number of aromatic nitrogens is 3. The Hall–Kier alpha value is -1.88. The highest BCUT2D eigenvalue weighted by Gasteiger charge is 2.03. The molecule has 2 rings (SSSR count). The Morgan fingerprint density at radius 1 is 1.35 bits per heavy atom. The Morgan fingerprint density at radius 2 is 2.06 bits per heavy atom. The first-order valence-electron chi connectivity index (χ1n) is 5.48. The molecule has 1 aromatic heterocycles. The van der Waals surface area contributed by atoms with Crippen molar-refractivity contribution in [3.63, 3.8) is 0 Å². The molecule has 0 fully saturated rings. The summed E-state index contributed by atoms with van der Waals surface area (Å²) in [5, 5.41) is 3.98. The number of hydrogen-bond acceptors (Lipinski definition) is 4. The molecule has 0 aliphatic carbocycles. The van der Waals surface area contributed by atoms with E-state index in [2.05, 4.69) is 10.1 Å². The van der Waals surface area contributed by atoms with Crippen molar-refractivity contribution >= 4 is 0 Å². The number of nitrogens with zero attached hydrogens (tertiary/aromatic N) is 3. The molecule has 0 radical (unpaired) electrons. The second-order valence-corrected chi connectivity index (χ2v) is 3.95. The van der Waals surface area contributed by atoms with Gasteiger partial charge in [0.05, 0.1) is 0 Å². The van der Waals surface area contributed by atoms with Crippen LogP contribution in [-0.4, -0.2) is 14.8 Å². The summed E-state index contributed by atoms with van der Waals surface area (Å²) in [6, 6.07) is 7.81. The van der Waals surface area contributed by atoms with Crippen LogP contribution in [0.1, 0.15) is 24.4 Å². The summed E-state index contributed by atoms with van der Waals surface area (Å²) >= 11 is 0. The standard InChI is InChI=1S/C12H16N4O/c1-9(13)10-3-5-11(6-4-10)17-7-12-14-8-15-16(12)2/h3-6,8-9H,7,13H2,1-2H3/t9-/m0/s1. The number of rotatable bonds is 4. The summed E-state index contributed by atoms with van der Waals surface area (Å²) in [5.74, 6) is 1.60. The molecule has 90 valence electrons. The van der Waals surface area contributed by atoms with Gasteiger partial charge in [-0.3, -0.25) is 4.68 Å². The van der Waals surface area contributed by atoms with E-state index in [4.69, 9.17) is 10.5 Å². The molecule has 5 nitrogen and oxygen atoms in total. The van der Waals surface area contributed by atoms with Crippen molar-refractivity contribution in [2.75, 3.05) is 0 Å². The van der Waals surface area contributed by atoms with Gasteiger partial charge in [0.1, 0.15) is 18.7 Å². The third-order valence-corrected chi connectivity index (χ3v) is 2.58.